The van der Waals surface area contributed by atoms with Gasteiger partial charge in [-0.25, -0.2) is 4.79 Å². The Labute approximate surface area is 175 Å². The van der Waals surface area contributed by atoms with Gasteiger partial charge in [-0.1, -0.05) is 25.4 Å². The SMILES string of the molecule is COc1ccc(NC(=O)[C@H](C)OC(=O)/C=C/c2c(C)nn(CC(C)C)c2Cl)cc1. The van der Waals surface area contributed by atoms with E-state index in [0.29, 0.717) is 40.3 Å². The molecule has 0 fully saturated rings. The zero-order valence-corrected chi connectivity index (χ0v) is 18.0. The molecule has 0 saturated carbocycles. The Balaban J connectivity index is 1.95. The first-order valence-corrected chi connectivity index (χ1v) is 9.65. The first-order valence-electron chi connectivity index (χ1n) is 9.27. The summed E-state index contributed by atoms with van der Waals surface area (Å²) < 4.78 is 11.9. The Morgan fingerprint density at radius 1 is 1.24 bits per heavy atom. The smallest absolute Gasteiger partial charge is 0.331 e. The van der Waals surface area contributed by atoms with Gasteiger partial charge in [-0.2, -0.15) is 5.10 Å². The quantitative estimate of drug-likeness (QED) is 0.514. The van der Waals surface area contributed by atoms with E-state index in [4.69, 9.17) is 21.1 Å². The summed E-state index contributed by atoms with van der Waals surface area (Å²) in [5.41, 5.74) is 1.94. The van der Waals surface area contributed by atoms with E-state index in [1.54, 1.807) is 42.1 Å². The van der Waals surface area contributed by atoms with Gasteiger partial charge in [0.25, 0.3) is 5.91 Å². The van der Waals surface area contributed by atoms with Gasteiger partial charge in [0.05, 0.1) is 12.8 Å². The largest absolute Gasteiger partial charge is 0.497 e. The minimum absolute atomic E-state index is 0.388. The first-order chi connectivity index (χ1) is 13.7. The van der Waals surface area contributed by atoms with Crippen LogP contribution in [-0.4, -0.2) is 34.9 Å². The summed E-state index contributed by atoms with van der Waals surface area (Å²) in [6.45, 7) is 8.14. The minimum atomic E-state index is -0.963. The first kappa shape index (κ1) is 22.5. The summed E-state index contributed by atoms with van der Waals surface area (Å²) in [6.07, 6.45) is 1.83. The monoisotopic (exact) mass is 419 g/mol. The molecule has 0 unspecified atom stereocenters. The number of ether oxygens (including phenoxy) is 2. The molecular formula is C21H26ClN3O4. The van der Waals surface area contributed by atoms with E-state index in [-0.39, 0.29) is 0 Å². The molecule has 2 aromatic rings. The van der Waals surface area contributed by atoms with Crippen LogP contribution in [0.25, 0.3) is 6.08 Å². The molecule has 0 radical (unpaired) electrons. The van der Waals surface area contributed by atoms with Crippen LogP contribution in [0.4, 0.5) is 5.69 Å². The Bertz CT molecular complexity index is 888. The van der Waals surface area contributed by atoms with Gasteiger partial charge >= 0.3 is 5.97 Å². The molecular weight excluding hydrogens is 394 g/mol. The number of anilines is 1. The number of esters is 1. The van der Waals surface area contributed by atoms with Crippen LogP contribution in [0.2, 0.25) is 5.15 Å². The van der Waals surface area contributed by atoms with Crippen LogP contribution < -0.4 is 10.1 Å². The molecule has 0 saturated heterocycles. The number of aromatic nitrogens is 2. The lowest BCUT2D eigenvalue weighted by atomic mass is 10.2. The summed E-state index contributed by atoms with van der Waals surface area (Å²) in [5, 5.41) is 7.53. The predicted octanol–water partition coefficient (Wildman–Crippen LogP) is 4.09. The Hall–Kier alpha value is -2.80. The van der Waals surface area contributed by atoms with E-state index in [0.717, 1.165) is 0 Å². The standard InChI is InChI=1S/C21H26ClN3O4/c1-13(2)12-25-20(22)18(14(3)24-25)10-11-19(26)29-15(4)21(27)23-16-6-8-17(28-5)9-7-16/h6-11,13,15H,12H2,1-5H3,(H,23,27)/b11-10+/t15-/m0/s1. The Morgan fingerprint density at radius 3 is 2.48 bits per heavy atom. The van der Waals surface area contributed by atoms with Gasteiger partial charge in [-0.15, -0.1) is 0 Å². The molecule has 8 heteroatoms. The van der Waals surface area contributed by atoms with E-state index in [2.05, 4.69) is 24.3 Å². The summed E-state index contributed by atoms with van der Waals surface area (Å²) >= 11 is 6.35. The fraction of sp³-hybridized carbons (Fsp3) is 0.381. The average molecular weight is 420 g/mol. The number of nitrogens with zero attached hydrogens (tertiary/aromatic N) is 2. The maximum Gasteiger partial charge on any atom is 0.331 e. The molecule has 0 aliphatic carbocycles. The summed E-state index contributed by atoms with van der Waals surface area (Å²) in [4.78, 5) is 24.3. The second kappa shape index (κ2) is 10.1. The van der Waals surface area contributed by atoms with Crippen molar-refractivity contribution >= 4 is 35.2 Å². The average Bonchev–Trinajstić information content (AvgIpc) is 2.93. The number of amides is 1. The van der Waals surface area contributed by atoms with Crippen LogP contribution in [0.1, 0.15) is 32.0 Å². The maximum atomic E-state index is 12.2. The fourth-order valence-corrected chi connectivity index (χ4v) is 2.87. The molecule has 1 amide bonds. The molecule has 156 valence electrons. The normalized spacial score (nSPS) is 12.2. The van der Waals surface area contributed by atoms with Crippen molar-refractivity contribution in [2.45, 2.75) is 40.3 Å². The van der Waals surface area contributed by atoms with Crippen LogP contribution in [-0.2, 0) is 20.9 Å². The van der Waals surface area contributed by atoms with E-state index in [1.165, 1.54) is 13.0 Å². The number of benzene rings is 1. The molecule has 7 nitrogen and oxygen atoms in total. The highest BCUT2D eigenvalue weighted by Crippen LogP contribution is 2.22. The molecule has 1 atom stereocenters. The van der Waals surface area contributed by atoms with Crippen molar-refractivity contribution in [1.82, 2.24) is 9.78 Å². The van der Waals surface area contributed by atoms with Crippen LogP contribution >= 0.6 is 11.6 Å². The molecule has 0 aliphatic heterocycles. The molecule has 29 heavy (non-hydrogen) atoms. The number of aryl methyl sites for hydroxylation is 1. The number of methoxy groups -OCH3 is 1. The van der Waals surface area contributed by atoms with Crippen molar-refractivity contribution in [3.05, 3.63) is 46.8 Å². The predicted molar refractivity (Wildman–Crippen MR) is 113 cm³/mol. The minimum Gasteiger partial charge on any atom is -0.497 e. The number of hydrogen-bond donors (Lipinski definition) is 1. The highest BCUT2D eigenvalue weighted by Gasteiger charge is 2.17. The second-order valence-electron chi connectivity index (χ2n) is 7.00. The third kappa shape index (κ3) is 6.35. The number of rotatable bonds is 8. The second-order valence-corrected chi connectivity index (χ2v) is 7.35. The molecule has 1 aromatic heterocycles. The van der Waals surface area contributed by atoms with Crippen molar-refractivity contribution in [2.75, 3.05) is 12.4 Å². The lowest BCUT2D eigenvalue weighted by Crippen LogP contribution is -2.29. The van der Waals surface area contributed by atoms with Gasteiger partial charge in [0.1, 0.15) is 10.9 Å². The number of halogens is 1. The van der Waals surface area contributed by atoms with Crippen molar-refractivity contribution in [1.29, 1.82) is 0 Å². The van der Waals surface area contributed by atoms with Crippen molar-refractivity contribution in [3.63, 3.8) is 0 Å². The highest BCUT2D eigenvalue weighted by atomic mass is 35.5. The maximum absolute atomic E-state index is 12.2. The van der Waals surface area contributed by atoms with E-state index in [1.807, 2.05) is 6.92 Å². The molecule has 0 aliphatic rings. The molecule has 1 heterocycles. The lowest BCUT2D eigenvalue weighted by Gasteiger charge is -2.12. The van der Waals surface area contributed by atoms with Gasteiger partial charge in [0.2, 0.25) is 0 Å². The molecule has 1 aromatic carbocycles. The molecule has 0 bridgehead atoms. The van der Waals surface area contributed by atoms with Gasteiger partial charge in [0.15, 0.2) is 6.10 Å². The van der Waals surface area contributed by atoms with Crippen LogP contribution in [0.5, 0.6) is 5.75 Å². The third-order valence-electron chi connectivity index (χ3n) is 4.05. The van der Waals surface area contributed by atoms with Crippen LogP contribution in [0, 0.1) is 12.8 Å². The Morgan fingerprint density at radius 2 is 1.90 bits per heavy atom. The highest BCUT2D eigenvalue weighted by molar-refractivity contribution is 6.31. The van der Waals surface area contributed by atoms with E-state index >= 15 is 0 Å². The number of carbonyl (C=O) groups is 2. The van der Waals surface area contributed by atoms with E-state index in [9.17, 15) is 9.59 Å². The van der Waals surface area contributed by atoms with Crippen molar-refractivity contribution < 1.29 is 19.1 Å². The summed E-state index contributed by atoms with van der Waals surface area (Å²) in [7, 11) is 1.56. The van der Waals surface area contributed by atoms with Crippen LogP contribution in [0.3, 0.4) is 0 Å². The van der Waals surface area contributed by atoms with E-state index < -0.39 is 18.0 Å². The van der Waals surface area contributed by atoms with Crippen molar-refractivity contribution in [3.8, 4) is 5.75 Å². The fourth-order valence-electron chi connectivity index (χ4n) is 2.56. The zero-order chi connectivity index (χ0) is 21.6. The van der Waals surface area contributed by atoms with Gasteiger partial charge in [-0.3, -0.25) is 9.48 Å². The molecule has 0 spiro atoms. The number of hydrogen-bond acceptors (Lipinski definition) is 5. The molecule has 2 rings (SSSR count). The van der Waals surface area contributed by atoms with Crippen molar-refractivity contribution in [2.24, 2.45) is 5.92 Å². The lowest BCUT2D eigenvalue weighted by molar-refractivity contribution is -0.148. The topological polar surface area (TPSA) is 82.4 Å². The molecule has 1 N–H and O–H groups in total. The Kier molecular flexibility index (Phi) is 7.84. The number of carbonyl (C=O) groups excluding carboxylic acids is 2. The number of nitrogens with one attached hydrogen (secondary N) is 1. The van der Waals surface area contributed by atoms with Gasteiger partial charge < -0.3 is 14.8 Å². The third-order valence-corrected chi connectivity index (χ3v) is 4.45. The van der Waals surface area contributed by atoms with Crippen LogP contribution in [0.15, 0.2) is 30.3 Å². The summed E-state index contributed by atoms with van der Waals surface area (Å²) in [5.74, 6) is -0.0118. The van der Waals surface area contributed by atoms with Gasteiger partial charge in [0, 0.05) is 23.9 Å². The summed E-state index contributed by atoms with van der Waals surface area (Å²) in [6, 6.07) is 6.84. The van der Waals surface area contributed by atoms with Gasteiger partial charge in [-0.05, 0) is 50.1 Å². The zero-order valence-electron chi connectivity index (χ0n) is 17.2.